The van der Waals surface area contributed by atoms with Crippen molar-refractivity contribution in [2.75, 3.05) is 12.1 Å². The number of benzene rings is 3. The summed E-state index contributed by atoms with van der Waals surface area (Å²) in [5.74, 6) is 1.42. The van der Waals surface area contributed by atoms with Crippen molar-refractivity contribution in [2.45, 2.75) is 23.5 Å². The quantitative estimate of drug-likeness (QED) is 0.329. The maximum absolute atomic E-state index is 12.8. The first-order valence-corrected chi connectivity index (χ1v) is 11.7. The lowest BCUT2D eigenvalue weighted by atomic mass is 10.2. The molecule has 11 heteroatoms. The molecule has 3 aromatic carbocycles. The molecule has 0 saturated heterocycles. The molecule has 1 atom stereocenters. The fourth-order valence-electron chi connectivity index (χ4n) is 3.58. The molecule has 0 unspecified atom stereocenters. The van der Waals surface area contributed by atoms with E-state index in [1.807, 2.05) is 47.0 Å². The molecule has 1 N–H and O–H groups in total. The van der Waals surface area contributed by atoms with Crippen molar-refractivity contribution in [1.82, 2.24) is 14.8 Å². The molecule has 0 fully saturated rings. The van der Waals surface area contributed by atoms with Crippen molar-refractivity contribution in [3.05, 3.63) is 78.4 Å². The molecule has 1 aromatic heterocycles. The van der Waals surface area contributed by atoms with E-state index in [0.717, 1.165) is 23.4 Å². The number of anilines is 1. The van der Waals surface area contributed by atoms with Gasteiger partial charge in [0.1, 0.15) is 0 Å². The maximum atomic E-state index is 12.8. The van der Waals surface area contributed by atoms with Crippen LogP contribution < -0.4 is 14.8 Å². The van der Waals surface area contributed by atoms with Crippen molar-refractivity contribution in [3.63, 3.8) is 0 Å². The Balaban J connectivity index is 1.40. The molecule has 5 rings (SSSR count). The van der Waals surface area contributed by atoms with Crippen molar-refractivity contribution in [3.8, 4) is 28.6 Å². The molecule has 1 aliphatic heterocycles. The molecular formula is C25H19F3N4O3S. The Labute approximate surface area is 208 Å². The van der Waals surface area contributed by atoms with E-state index >= 15 is 0 Å². The summed E-state index contributed by atoms with van der Waals surface area (Å²) < 4.78 is 51.1. The summed E-state index contributed by atoms with van der Waals surface area (Å²) in [6, 6.07) is 19.2. The average Bonchev–Trinajstić information content (AvgIpc) is 3.51. The van der Waals surface area contributed by atoms with Gasteiger partial charge in [0, 0.05) is 16.9 Å². The zero-order valence-electron chi connectivity index (χ0n) is 18.8. The molecule has 36 heavy (non-hydrogen) atoms. The lowest BCUT2D eigenvalue weighted by Gasteiger charge is -2.14. The van der Waals surface area contributed by atoms with Crippen LogP contribution in [0.4, 0.5) is 18.9 Å². The fourth-order valence-corrected chi connectivity index (χ4v) is 4.44. The third-order valence-electron chi connectivity index (χ3n) is 5.41. The lowest BCUT2D eigenvalue weighted by Crippen LogP contribution is -2.23. The van der Waals surface area contributed by atoms with Gasteiger partial charge in [-0.1, -0.05) is 30.0 Å². The number of carbonyl (C=O) groups is 1. The zero-order chi connectivity index (χ0) is 25.3. The van der Waals surface area contributed by atoms with Gasteiger partial charge in [-0.3, -0.25) is 9.36 Å². The molecule has 0 radical (unpaired) electrons. The van der Waals surface area contributed by atoms with E-state index in [1.54, 1.807) is 13.0 Å². The van der Waals surface area contributed by atoms with E-state index in [4.69, 9.17) is 9.47 Å². The summed E-state index contributed by atoms with van der Waals surface area (Å²) in [4.78, 5) is 12.8. The average molecular weight is 513 g/mol. The van der Waals surface area contributed by atoms with Gasteiger partial charge in [-0.15, -0.1) is 10.2 Å². The third kappa shape index (κ3) is 4.87. The lowest BCUT2D eigenvalue weighted by molar-refractivity contribution is -0.137. The minimum atomic E-state index is -4.44. The second-order valence-electron chi connectivity index (χ2n) is 7.87. The summed E-state index contributed by atoms with van der Waals surface area (Å²) in [7, 11) is 0. The number of halogens is 3. The van der Waals surface area contributed by atoms with E-state index in [9.17, 15) is 18.0 Å². The Morgan fingerprint density at radius 2 is 1.72 bits per heavy atom. The van der Waals surface area contributed by atoms with Crippen molar-refractivity contribution >= 4 is 23.4 Å². The largest absolute Gasteiger partial charge is 0.454 e. The molecule has 184 valence electrons. The number of alkyl halides is 3. The first-order chi connectivity index (χ1) is 17.3. The molecule has 0 spiro atoms. The van der Waals surface area contributed by atoms with Crippen LogP contribution in [0.25, 0.3) is 17.1 Å². The summed E-state index contributed by atoms with van der Waals surface area (Å²) in [5, 5.41) is 11.2. The highest BCUT2D eigenvalue weighted by atomic mass is 32.2. The topological polar surface area (TPSA) is 78.3 Å². The van der Waals surface area contributed by atoms with Crippen molar-refractivity contribution < 1.29 is 27.4 Å². The van der Waals surface area contributed by atoms with Crippen molar-refractivity contribution in [2.24, 2.45) is 0 Å². The number of fused-ring (bicyclic) bond motifs is 1. The SMILES string of the molecule is C[C@H](Sc1nnc(-c2ccc3c(c2)OCO3)n1-c1ccccc1)C(=O)Nc1ccc(C(F)(F)F)cc1. The predicted octanol–water partition coefficient (Wildman–Crippen LogP) is 5.80. The first kappa shape index (κ1) is 23.7. The number of ether oxygens (including phenoxy) is 2. The molecule has 0 bridgehead atoms. The molecule has 0 aliphatic carbocycles. The molecule has 4 aromatic rings. The monoisotopic (exact) mass is 512 g/mol. The zero-order valence-corrected chi connectivity index (χ0v) is 19.6. The van der Waals surface area contributed by atoms with Gasteiger partial charge in [0.25, 0.3) is 0 Å². The molecule has 1 amide bonds. The summed E-state index contributed by atoms with van der Waals surface area (Å²) in [6.07, 6.45) is -4.44. The van der Waals surface area contributed by atoms with Gasteiger partial charge in [0.15, 0.2) is 22.5 Å². The van der Waals surface area contributed by atoms with E-state index < -0.39 is 17.0 Å². The van der Waals surface area contributed by atoms with Gasteiger partial charge < -0.3 is 14.8 Å². The summed E-state index contributed by atoms with van der Waals surface area (Å²) in [5.41, 5.74) is 1.04. The standard InChI is InChI=1S/C25H19F3N4O3S/c1-15(23(33)29-18-10-8-17(9-11-18)25(26,27)28)36-24-31-30-22(32(24)19-5-3-2-4-6-19)16-7-12-20-21(13-16)35-14-34-20/h2-13,15H,14H2,1H3,(H,29,33)/t15-/m0/s1. The number of nitrogens with one attached hydrogen (secondary N) is 1. The van der Waals surface area contributed by atoms with Gasteiger partial charge in [-0.2, -0.15) is 13.2 Å². The second kappa shape index (κ2) is 9.57. The Morgan fingerprint density at radius 3 is 2.44 bits per heavy atom. The number of nitrogens with zero attached hydrogens (tertiary/aromatic N) is 3. The van der Waals surface area contributed by atoms with Crippen LogP contribution in [0.1, 0.15) is 12.5 Å². The summed E-state index contributed by atoms with van der Waals surface area (Å²) >= 11 is 1.18. The van der Waals surface area contributed by atoms with Gasteiger partial charge in [0.2, 0.25) is 12.7 Å². The number of aromatic nitrogens is 3. The van der Waals surface area contributed by atoms with Crippen LogP contribution in [0.2, 0.25) is 0 Å². The number of carbonyl (C=O) groups excluding carboxylic acids is 1. The molecule has 7 nitrogen and oxygen atoms in total. The van der Waals surface area contributed by atoms with Gasteiger partial charge >= 0.3 is 6.18 Å². The maximum Gasteiger partial charge on any atom is 0.416 e. The molecule has 1 aliphatic rings. The normalized spacial score (nSPS) is 13.4. The molecular weight excluding hydrogens is 493 g/mol. The van der Waals surface area contributed by atoms with Crippen LogP contribution in [0.5, 0.6) is 11.5 Å². The highest BCUT2D eigenvalue weighted by molar-refractivity contribution is 8.00. The number of amides is 1. The van der Waals surface area contributed by atoms with Crippen LogP contribution in [-0.4, -0.2) is 32.7 Å². The Hall–Kier alpha value is -3.99. The number of hydrogen-bond donors (Lipinski definition) is 1. The third-order valence-corrected chi connectivity index (χ3v) is 6.45. The molecule has 0 saturated carbocycles. The van der Waals surface area contributed by atoms with Crippen LogP contribution in [-0.2, 0) is 11.0 Å². The number of rotatable bonds is 6. The van der Waals surface area contributed by atoms with E-state index in [0.29, 0.717) is 22.5 Å². The predicted molar refractivity (Wildman–Crippen MR) is 128 cm³/mol. The highest BCUT2D eigenvalue weighted by Gasteiger charge is 2.30. The number of para-hydroxylation sites is 1. The Bertz CT molecular complexity index is 1390. The van der Waals surface area contributed by atoms with E-state index in [1.165, 1.54) is 23.9 Å². The van der Waals surface area contributed by atoms with E-state index in [2.05, 4.69) is 15.5 Å². The Kier molecular flexibility index (Phi) is 6.31. The van der Waals surface area contributed by atoms with Crippen LogP contribution in [0.15, 0.2) is 78.0 Å². The molecule has 2 heterocycles. The van der Waals surface area contributed by atoms with Crippen molar-refractivity contribution in [1.29, 1.82) is 0 Å². The Morgan fingerprint density at radius 1 is 1.00 bits per heavy atom. The van der Waals surface area contributed by atoms with Gasteiger partial charge in [0.05, 0.1) is 10.8 Å². The van der Waals surface area contributed by atoms with Crippen LogP contribution in [0, 0.1) is 0 Å². The van der Waals surface area contributed by atoms with E-state index in [-0.39, 0.29) is 18.4 Å². The first-order valence-electron chi connectivity index (χ1n) is 10.9. The van der Waals surface area contributed by atoms with Crippen LogP contribution in [0.3, 0.4) is 0 Å². The van der Waals surface area contributed by atoms with Gasteiger partial charge in [-0.05, 0) is 61.5 Å². The highest BCUT2D eigenvalue weighted by Crippen LogP contribution is 2.37. The van der Waals surface area contributed by atoms with Gasteiger partial charge in [-0.25, -0.2) is 0 Å². The number of thioether (sulfide) groups is 1. The fraction of sp³-hybridized carbons (Fsp3) is 0.160. The smallest absolute Gasteiger partial charge is 0.416 e. The minimum Gasteiger partial charge on any atom is -0.454 e. The second-order valence-corrected chi connectivity index (χ2v) is 9.18. The number of hydrogen-bond acceptors (Lipinski definition) is 6. The van der Waals surface area contributed by atoms with Crippen LogP contribution >= 0.6 is 11.8 Å². The minimum absolute atomic E-state index is 0.150. The summed E-state index contributed by atoms with van der Waals surface area (Å²) in [6.45, 7) is 1.84.